The fourth-order valence-corrected chi connectivity index (χ4v) is 4.43. The van der Waals surface area contributed by atoms with Gasteiger partial charge in [-0.05, 0) is 34.4 Å². The molecular formula is C19H20N2O2S. The van der Waals surface area contributed by atoms with Crippen molar-refractivity contribution < 1.29 is 9.59 Å². The first-order valence-corrected chi connectivity index (χ1v) is 9.29. The van der Waals surface area contributed by atoms with E-state index in [0.717, 1.165) is 18.5 Å². The fraction of sp³-hybridized carbons (Fsp3) is 0.368. The van der Waals surface area contributed by atoms with Gasteiger partial charge in [0.1, 0.15) is 0 Å². The molecule has 0 unspecified atom stereocenters. The highest BCUT2D eigenvalue weighted by molar-refractivity contribution is 7.07. The molecule has 0 N–H and O–H groups in total. The summed E-state index contributed by atoms with van der Waals surface area (Å²) in [6.07, 6.45) is 0.733. The van der Waals surface area contributed by atoms with Crippen molar-refractivity contribution in [2.24, 2.45) is 11.8 Å². The lowest BCUT2D eigenvalue weighted by Gasteiger charge is -2.20. The maximum atomic E-state index is 12.6. The van der Waals surface area contributed by atoms with E-state index in [1.54, 1.807) is 11.3 Å². The average molecular weight is 340 g/mol. The summed E-state index contributed by atoms with van der Waals surface area (Å²) < 4.78 is 0. The molecule has 4 nitrogen and oxygen atoms in total. The van der Waals surface area contributed by atoms with Gasteiger partial charge < -0.3 is 0 Å². The molecule has 1 aromatic heterocycles. The van der Waals surface area contributed by atoms with Gasteiger partial charge >= 0.3 is 0 Å². The zero-order chi connectivity index (χ0) is 16.5. The van der Waals surface area contributed by atoms with Gasteiger partial charge in [0, 0.05) is 26.2 Å². The number of carbonyl (C=O) groups is 2. The highest BCUT2D eigenvalue weighted by Crippen LogP contribution is 2.34. The lowest BCUT2D eigenvalue weighted by Crippen LogP contribution is -2.37. The molecule has 4 rings (SSSR count). The molecule has 2 aliphatic rings. The van der Waals surface area contributed by atoms with Crippen LogP contribution in [0, 0.1) is 11.8 Å². The van der Waals surface area contributed by atoms with Crippen molar-refractivity contribution in [3.63, 3.8) is 0 Å². The Morgan fingerprint density at radius 1 is 0.958 bits per heavy atom. The fourth-order valence-electron chi connectivity index (χ4n) is 3.77. The van der Waals surface area contributed by atoms with Crippen LogP contribution < -0.4 is 0 Å². The summed E-state index contributed by atoms with van der Waals surface area (Å²) in [7, 11) is 0. The van der Waals surface area contributed by atoms with E-state index in [2.05, 4.69) is 21.7 Å². The number of thiophene rings is 1. The minimum Gasteiger partial charge on any atom is -0.297 e. The van der Waals surface area contributed by atoms with Crippen molar-refractivity contribution in [2.75, 3.05) is 19.6 Å². The molecule has 2 fully saturated rings. The van der Waals surface area contributed by atoms with Crippen molar-refractivity contribution in [1.82, 2.24) is 9.80 Å². The zero-order valence-electron chi connectivity index (χ0n) is 13.4. The monoisotopic (exact) mass is 340 g/mol. The lowest BCUT2D eigenvalue weighted by atomic mass is 10.00. The molecule has 2 aliphatic heterocycles. The number of carbonyl (C=O) groups excluding carboxylic acids is 2. The Morgan fingerprint density at radius 2 is 1.67 bits per heavy atom. The topological polar surface area (TPSA) is 40.6 Å². The van der Waals surface area contributed by atoms with Gasteiger partial charge in [0.2, 0.25) is 11.8 Å². The molecule has 2 amide bonds. The summed E-state index contributed by atoms with van der Waals surface area (Å²) in [5, 5.41) is 4.19. The number of nitrogens with zero attached hydrogens (tertiary/aromatic N) is 2. The zero-order valence-corrected chi connectivity index (χ0v) is 14.2. The minimum absolute atomic E-state index is 0.0220. The highest BCUT2D eigenvalue weighted by Gasteiger charge is 2.51. The summed E-state index contributed by atoms with van der Waals surface area (Å²) in [6, 6.07) is 12.1. The number of imide groups is 1. The molecule has 0 bridgehead atoms. The second-order valence-electron chi connectivity index (χ2n) is 6.60. The van der Waals surface area contributed by atoms with Crippen LogP contribution in [0.15, 0.2) is 47.2 Å². The molecule has 0 radical (unpaired) electrons. The molecule has 1 aromatic carbocycles. The Bertz CT molecular complexity index is 705. The van der Waals surface area contributed by atoms with Gasteiger partial charge in [-0.15, -0.1) is 0 Å². The van der Waals surface area contributed by atoms with Crippen LogP contribution >= 0.6 is 11.3 Å². The Hall–Kier alpha value is -1.98. The van der Waals surface area contributed by atoms with Crippen molar-refractivity contribution >= 4 is 23.2 Å². The molecule has 2 saturated heterocycles. The number of amides is 2. The van der Waals surface area contributed by atoms with Gasteiger partial charge in [0.05, 0.1) is 11.8 Å². The van der Waals surface area contributed by atoms with Gasteiger partial charge in [0.25, 0.3) is 0 Å². The number of hydrogen-bond donors (Lipinski definition) is 0. The quantitative estimate of drug-likeness (QED) is 0.785. The molecule has 2 atom stereocenters. The van der Waals surface area contributed by atoms with E-state index >= 15 is 0 Å². The molecule has 24 heavy (non-hydrogen) atoms. The van der Waals surface area contributed by atoms with E-state index in [1.165, 1.54) is 10.5 Å². The smallest absolute Gasteiger partial charge is 0.234 e. The number of fused-ring (bicyclic) bond motifs is 1. The van der Waals surface area contributed by atoms with Crippen LogP contribution in [0.25, 0.3) is 0 Å². The Morgan fingerprint density at radius 3 is 2.29 bits per heavy atom. The van der Waals surface area contributed by atoms with Crippen molar-refractivity contribution in [2.45, 2.75) is 13.0 Å². The molecule has 0 spiro atoms. The molecule has 124 valence electrons. The third-order valence-electron chi connectivity index (χ3n) is 5.02. The van der Waals surface area contributed by atoms with E-state index in [4.69, 9.17) is 0 Å². The third kappa shape index (κ3) is 2.89. The average Bonchev–Trinajstić information content (AvgIpc) is 3.29. The molecule has 3 heterocycles. The van der Waals surface area contributed by atoms with Gasteiger partial charge in [0.15, 0.2) is 0 Å². The van der Waals surface area contributed by atoms with Crippen LogP contribution in [0.5, 0.6) is 0 Å². The van der Waals surface area contributed by atoms with E-state index < -0.39 is 0 Å². The van der Waals surface area contributed by atoms with Crippen molar-refractivity contribution in [3.8, 4) is 0 Å². The van der Waals surface area contributed by atoms with Gasteiger partial charge in [-0.1, -0.05) is 30.3 Å². The van der Waals surface area contributed by atoms with Gasteiger partial charge in [-0.25, -0.2) is 0 Å². The summed E-state index contributed by atoms with van der Waals surface area (Å²) in [4.78, 5) is 29.0. The van der Waals surface area contributed by atoms with E-state index in [-0.39, 0.29) is 23.7 Å². The van der Waals surface area contributed by atoms with Crippen LogP contribution in [0.2, 0.25) is 0 Å². The number of benzene rings is 1. The maximum Gasteiger partial charge on any atom is 0.234 e. The maximum absolute atomic E-state index is 12.6. The summed E-state index contributed by atoms with van der Waals surface area (Å²) in [5.74, 6) is -0.249. The second kappa shape index (κ2) is 6.49. The predicted molar refractivity (Wildman–Crippen MR) is 93.4 cm³/mol. The summed E-state index contributed by atoms with van der Waals surface area (Å²) in [6.45, 7) is 2.74. The normalized spacial score (nSPS) is 23.9. The molecular weight excluding hydrogens is 320 g/mol. The first-order chi connectivity index (χ1) is 11.7. The van der Waals surface area contributed by atoms with Crippen LogP contribution in [0.1, 0.15) is 11.1 Å². The molecule has 0 saturated carbocycles. The van der Waals surface area contributed by atoms with Crippen LogP contribution in [-0.4, -0.2) is 41.2 Å². The molecule has 2 aromatic rings. The van der Waals surface area contributed by atoms with Crippen molar-refractivity contribution in [1.29, 1.82) is 0 Å². The Balaban J connectivity index is 1.38. The van der Waals surface area contributed by atoms with Crippen molar-refractivity contribution in [3.05, 3.63) is 58.3 Å². The van der Waals surface area contributed by atoms with Crippen LogP contribution in [0.3, 0.4) is 0 Å². The molecule has 0 aliphatic carbocycles. The van der Waals surface area contributed by atoms with E-state index in [9.17, 15) is 9.59 Å². The minimum atomic E-state index is -0.146. The van der Waals surface area contributed by atoms with Gasteiger partial charge in [-0.2, -0.15) is 11.3 Å². The van der Waals surface area contributed by atoms with E-state index in [1.807, 2.05) is 30.3 Å². The Kier molecular flexibility index (Phi) is 4.21. The first kappa shape index (κ1) is 15.5. The Labute approximate surface area is 145 Å². The second-order valence-corrected chi connectivity index (χ2v) is 7.38. The highest BCUT2D eigenvalue weighted by atomic mass is 32.1. The van der Waals surface area contributed by atoms with Crippen LogP contribution in [0.4, 0.5) is 0 Å². The summed E-state index contributed by atoms with van der Waals surface area (Å²) >= 11 is 1.68. The predicted octanol–water partition coefficient (Wildman–Crippen LogP) is 2.41. The third-order valence-corrected chi connectivity index (χ3v) is 5.75. The summed E-state index contributed by atoms with van der Waals surface area (Å²) in [5.41, 5.74) is 2.43. The largest absolute Gasteiger partial charge is 0.297 e. The molecule has 5 heteroatoms. The van der Waals surface area contributed by atoms with Gasteiger partial charge in [-0.3, -0.25) is 19.4 Å². The van der Waals surface area contributed by atoms with E-state index in [0.29, 0.717) is 19.6 Å². The first-order valence-electron chi connectivity index (χ1n) is 8.35. The SMILES string of the molecule is O=C1[C@H]2CN(Cc3ccsc3)C[C@H]2C(=O)N1CCc1ccccc1. The number of rotatable bonds is 5. The van der Waals surface area contributed by atoms with Crippen LogP contribution in [-0.2, 0) is 22.6 Å². The lowest BCUT2D eigenvalue weighted by molar-refractivity contribution is -0.140. The number of likely N-dealkylation sites (tertiary alicyclic amines) is 2. The standard InChI is InChI=1S/C19H20N2O2S/c22-18-16-11-20(10-15-7-9-24-13-15)12-17(16)19(23)21(18)8-6-14-4-2-1-3-5-14/h1-5,7,9,13,16-17H,6,8,10-12H2/t16-,17+. The number of hydrogen-bond acceptors (Lipinski definition) is 4.